The molecule has 2 aromatic rings. The van der Waals surface area contributed by atoms with E-state index in [1.165, 1.54) is 33.7 Å². The molecule has 0 spiro atoms. The van der Waals surface area contributed by atoms with Gasteiger partial charge in [0.05, 0.1) is 23.0 Å². The van der Waals surface area contributed by atoms with E-state index >= 15 is 0 Å². The Kier molecular flexibility index (Phi) is 15.8. The lowest BCUT2D eigenvalue weighted by molar-refractivity contribution is -0.161. The molecule has 0 aromatic carbocycles. The lowest BCUT2D eigenvalue weighted by Gasteiger charge is -2.28. The number of ether oxygens (including phenoxy) is 4. The summed E-state index contributed by atoms with van der Waals surface area (Å²) in [5, 5.41) is 21.4. The average Bonchev–Trinajstić information content (AvgIpc) is 3.48. The summed E-state index contributed by atoms with van der Waals surface area (Å²) in [5.41, 5.74) is 1.06. The first kappa shape index (κ1) is 46.5. The number of H-pyrrole nitrogens is 1. The van der Waals surface area contributed by atoms with Gasteiger partial charge in [0.15, 0.2) is 0 Å². The highest BCUT2D eigenvalue weighted by Gasteiger charge is 2.53. The van der Waals surface area contributed by atoms with Crippen molar-refractivity contribution < 1.29 is 38.7 Å². The number of aliphatic hydroxyl groups is 2. The molecular weight excluding hydrogens is 726 g/mol. The van der Waals surface area contributed by atoms with E-state index in [0.717, 1.165) is 51.4 Å². The van der Waals surface area contributed by atoms with Gasteiger partial charge in [-0.1, -0.05) is 80.1 Å². The van der Waals surface area contributed by atoms with E-state index in [9.17, 15) is 34.2 Å². The number of carbonyl (C=O) groups excluding carboxylic acids is 2. The number of hydrogen-bond donors (Lipinski definition) is 4. The number of hydrogen-bond acceptors (Lipinski definition) is 13. The van der Waals surface area contributed by atoms with E-state index in [0.29, 0.717) is 0 Å². The van der Waals surface area contributed by atoms with Gasteiger partial charge in [-0.15, -0.1) is 0 Å². The smallest absolute Gasteiger partial charge is 0.351 e. The molecule has 16 heteroatoms. The van der Waals surface area contributed by atoms with E-state index in [1.54, 1.807) is 27.7 Å². The molecule has 2 aromatic heterocycles. The molecule has 0 saturated carbocycles. The monoisotopic (exact) mass is 791 g/mol. The van der Waals surface area contributed by atoms with E-state index < -0.39 is 75.5 Å². The van der Waals surface area contributed by atoms with Gasteiger partial charge in [-0.2, -0.15) is 4.98 Å². The second kappa shape index (κ2) is 19.1. The Morgan fingerprint density at radius 3 is 1.62 bits per heavy atom. The summed E-state index contributed by atoms with van der Waals surface area (Å²) in [5.74, 6) is -0.526. The molecule has 5 N–H and O–H groups in total. The summed E-state index contributed by atoms with van der Waals surface area (Å²) in [6.45, 7) is 18.6. The summed E-state index contributed by atoms with van der Waals surface area (Å²) < 4.78 is 25.2. The topological polar surface area (TPSA) is 227 Å². The number of unbranched alkanes of at least 4 members (excludes halogenated alkanes) is 4. The Labute approximate surface area is 329 Å². The summed E-state index contributed by atoms with van der Waals surface area (Å²) in [6.07, 6.45) is 5.60. The maximum Gasteiger partial charge on any atom is 0.351 e. The SMILES string of the molecule is CCCCCC(C)(C)C(=O)OC[C@H]1O[C@@H](n2ccc(=O)[nH]c2=O)C(C)(C)C1O.CCCCCC(C)(C)C(=O)OC[C@H]1O[C@@H](n2ccc(N)nc2=O)C(C)(C)C1O. The van der Waals surface area contributed by atoms with Crippen LogP contribution in [0.2, 0.25) is 0 Å². The van der Waals surface area contributed by atoms with Crippen LogP contribution in [0.3, 0.4) is 0 Å². The second-order valence-electron chi connectivity index (χ2n) is 17.5. The lowest BCUT2D eigenvalue weighted by atomic mass is 9.84. The number of nitrogens with one attached hydrogen (secondary N) is 1. The van der Waals surface area contributed by atoms with Crippen molar-refractivity contribution >= 4 is 17.8 Å². The van der Waals surface area contributed by atoms with Crippen LogP contribution in [0.5, 0.6) is 0 Å². The number of nitrogen functional groups attached to an aromatic ring is 1. The van der Waals surface area contributed by atoms with Gasteiger partial charge in [0, 0.05) is 29.3 Å². The molecule has 4 heterocycles. The molecule has 316 valence electrons. The maximum atomic E-state index is 12.5. The quantitative estimate of drug-likeness (QED) is 0.138. The Bertz CT molecular complexity index is 1800. The summed E-state index contributed by atoms with van der Waals surface area (Å²) >= 11 is 0. The van der Waals surface area contributed by atoms with Crippen molar-refractivity contribution in [2.75, 3.05) is 18.9 Å². The molecule has 2 aliphatic rings. The molecule has 0 amide bonds. The molecule has 2 aliphatic heterocycles. The normalized spacial score (nSPS) is 24.3. The highest BCUT2D eigenvalue weighted by Crippen LogP contribution is 2.45. The van der Waals surface area contributed by atoms with Crippen molar-refractivity contribution in [3.8, 4) is 0 Å². The van der Waals surface area contributed by atoms with Crippen molar-refractivity contribution in [3.05, 3.63) is 55.8 Å². The molecule has 16 nitrogen and oxygen atoms in total. The molecule has 2 saturated heterocycles. The third kappa shape index (κ3) is 11.2. The molecule has 56 heavy (non-hydrogen) atoms. The zero-order valence-corrected chi connectivity index (χ0v) is 34.8. The first-order valence-electron chi connectivity index (χ1n) is 19.7. The summed E-state index contributed by atoms with van der Waals surface area (Å²) in [7, 11) is 0. The molecule has 0 radical (unpaired) electrons. The number of aromatic amines is 1. The predicted octanol–water partition coefficient (Wildman–Crippen LogP) is 4.23. The minimum absolute atomic E-state index is 0.0751. The highest BCUT2D eigenvalue weighted by atomic mass is 16.6. The van der Waals surface area contributed by atoms with Crippen molar-refractivity contribution in [3.63, 3.8) is 0 Å². The van der Waals surface area contributed by atoms with Crippen molar-refractivity contribution in [1.29, 1.82) is 0 Å². The van der Waals surface area contributed by atoms with Crippen LogP contribution in [0, 0.1) is 21.7 Å². The lowest BCUT2D eigenvalue weighted by Crippen LogP contribution is -2.40. The van der Waals surface area contributed by atoms with Crippen LogP contribution in [0.4, 0.5) is 5.82 Å². The molecule has 2 fully saturated rings. The first-order valence-corrected chi connectivity index (χ1v) is 19.7. The van der Waals surface area contributed by atoms with Crippen LogP contribution in [-0.4, -0.2) is 78.9 Å². The number of carbonyl (C=O) groups is 2. The van der Waals surface area contributed by atoms with Gasteiger partial charge in [-0.25, -0.2) is 9.59 Å². The van der Waals surface area contributed by atoms with Crippen LogP contribution in [0.25, 0.3) is 0 Å². The van der Waals surface area contributed by atoms with Crippen LogP contribution < -0.4 is 22.7 Å². The number of nitrogens with zero attached hydrogens (tertiary/aromatic N) is 3. The second-order valence-corrected chi connectivity index (χ2v) is 17.5. The van der Waals surface area contributed by atoms with Crippen molar-refractivity contribution in [2.24, 2.45) is 21.7 Å². The van der Waals surface area contributed by atoms with Gasteiger partial charge in [0.2, 0.25) is 0 Å². The molecule has 0 bridgehead atoms. The summed E-state index contributed by atoms with van der Waals surface area (Å²) in [6, 6.07) is 2.72. The van der Waals surface area contributed by atoms with E-state index in [1.807, 2.05) is 27.7 Å². The number of anilines is 1. The Hall–Kier alpha value is -3.86. The number of aliphatic hydroxyl groups excluding tert-OH is 2. The van der Waals surface area contributed by atoms with Crippen molar-refractivity contribution in [2.45, 2.75) is 157 Å². The van der Waals surface area contributed by atoms with Gasteiger partial charge in [0.25, 0.3) is 5.56 Å². The van der Waals surface area contributed by atoms with Crippen LogP contribution in [0.15, 0.2) is 38.9 Å². The Morgan fingerprint density at radius 1 is 0.786 bits per heavy atom. The van der Waals surface area contributed by atoms with Crippen molar-refractivity contribution in [1.82, 2.24) is 19.1 Å². The maximum absolute atomic E-state index is 12.5. The zero-order valence-electron chi connectivity index (χ0n) is 34.8. The molecule has 2 unspecified atom stereocenters. The van der Waals surface area contributed by atoms with Gasteiger partial charge in [0.1, 0.15) is 43.7 Å². The first-order chi connectivity index (χ1) is 26.0. The molecule has 4 rings (SSSR count). The average molecular weight is 792 g/mol. The van der Waals surface area contributed by atoms with Gasteiger partial charge >= 0.3 is 23.3 Å². The standard InChI is InChI=1S/C20H33N3O5.C20H32N2O6/c1-6-7-8-10-19(2,3)17(25)27-12-13-15(24)20(4,5)16(28-13)23-11-9-14(21)22-18(23)26;1-6-7-8-10-19(2,3)17(25)27-12-13-15(24)20(4,5)16(28-13)22-11-9-14(23)21-18(22)26/h9,11,13,15-16,24H,6-8,10,12H2,1-5H3,(H2,21,22,26);9,11,13,15-16,24H,6-8,10,12H2,1-5H3,(H,21,23,26)/t2*13-,15?,16-/m11/s1. The largest absolute Gasteiger partial charge is 0.462 e. The fraction of sp³-hybridized carbons (Fsp3) is 0.750. The molecule has 0 aliphatic carbocycles. The number of rotatable bonds is 16. The van der Waals surface area contributed by atoms with Crippen LogP contribution in [0.1, 0.15) is 133 Å². The van der Waals surface area contributed by atoms with E-state index in [4.69, 9.17) is 24.7 Å². The van der Waals surface area contributed by atoms with Gasteiger partial charge in [-0.05, 0) is 46.6 Å². The fourth-order valence-electron chi connectivity index (χ4n) is 6.95. The van der Waals surface area contributed by atoms with E-state index in [-0.39, 0.29) is 31.0 Å². The predicted molar refractivity (Wildman–Crippen MR) is 209 cm³/mol. The number of nitrogens with two attached hydrogens (primary N) is 1. The zero-order chi connectivity index (χ0) is 42.2. The minimum Gasteiger partial charge on any atom is -0.462 e. The highest BCUT2D eigenvalue weighted by molar-refractivity contribution is 5.76. The van der Waals surface area contributed by atoms with Crippen LogP contribution in [-0.2, 0) is 28.5 Å². The third-order valence-corrected chi connectivity index (χ3v) is 11.0. The summed E-state index contributed by atoms with van der Waals surface area (Å²) in [4.78, 5) is 66.4. The Balaban J connectivity index is 0.000000300. The minimum atomic E-state index is -0.952. The van der Waals surface area contributed by atoms with Crippen LogP contribution >= 0.6 is 0 Å². The molecule has 6 atom stereocenters. The number of aromatic nitrogens is 4. The number of esters is 2. The molecular formula is C40H65N5O11. The third-order valence-electron chi connectivity index (χ3n) is 11.0. The fourth-order valence-corrected chi connectivity index (χ4v) is 6.95. The Morgan fingerprint density at radius 2 is 1.21 bits per heavy atom. The van der Waals surface area contributed by atoms with E-state index in [2.05, 4.69) is 23.8 Å². The van der Waals surface area contributed by atoms with Gasteiger partial charge in [-0.3, -0.25) is 28.5 Å². The van der Waals surface area contributed by atoms with Gasteiger partial charge < -0.3 is 34.9 Å².